The molecule has 0 radical (unpaired) electrons. The van der Waals surface area contributed by atoms with Crippen LogP contribution in [0.3, 0.4) is 0 Å². The fourth-order valence-corrected chi connectivity index (χ4v) is 4.60. The number of amides is 1. The number of pyridine rings is 2. The fourth-order valence-electron chi connectivity index (χ4n) is 3.48. The highest BCUT2D eigenvalue weighted by Crippen LogP contribution is 2.44. The molecule has 0 saturated heterocycles. The lowest BCUT2D eigenvalue weighted by molar-refractivity contribution is 0.0823. The molecule has 0 aliphatic heterocycles. The molecule has 0 bridgehead atoms. The average molecular weight is 467 g/mol. The van der Waals surface area contributed by atoms with E-state index in [2.05, 4.69) is 15.3 Å². The Morgan fingerprint density at radius 1 is 1.33 bits per heavy atom. The van der Waals surface area contributed by atoms with Crippen molar-refractivity contribution < 1.29 is 14.6 Å². The van der Waals surface area contributed by atoms with Crippen LogP contribution < -0.4 is 15.6 Å². The average Bonchev–Trinajstić information content (AvgIpc) is 3.40. The van der Waals surface area contributed by atoms with Crippen LogP contribution in [-0.4, -0.2) is 32.6 Å². The number of hydrogen-bond donors (Lipinski definition) is 3. The summed E-state index contributed by atoms with van der Waals surface area (Å²) in [5.41, 5.74) is 1.87. The molecule has 0 unspecified atom stereocenters. The summed E-state index contributed by atoms with van der Waals surface area (Å²) in [5, 5.41) is 13.8. The number of carbonyl (C=O) groups is 1. The van der Waals surface area contributed by atoms with E-state index in [1.54, 1.807) is 39.4 Å². The van der Waals surface area contributed by atoms with Crippen molar-refractivity contribution in [3.8, 4) is 16.2 Å². The number of aliphatic hydroxyl groups is 1. The number of ether oxygens (including phenoxy) is 1. The zero-order chi connectivity index (χ0) is 23.9. The second-order valence-electron chi connectivity index (χ2n) is 8.49. The first kappa shape index (κ1) is 22.8. The van der Waals surface area contributed by atoms with E-state index in [4.69, 9.17) is 4.74 Å². The van der Waals surface area contributed by atoms with Gasteiger partial charge < -0.3 is 24.7 Å². The first-order valence-corrected chi connectivity index (χ1v) is 11.3. The predicted octanol–water partition coefficient (Wildman–Crippen LogP) is 3.46. The van der Waals surface area contributed by atoms with Crippen LogP contribution in [0.4, 0.5) is 0 Å². The molecule has 8 nitrogen and oxygen atoms in total. The molecule has 4 rings (SSSR count). The van der Waals surface area contributed by atoms with Gasteiger partial charge in [0.2, 0.25) is 0 Å². The Balaban J connectivity index is 1.86. The number of nitrogens with one attached hydrogen (secondary N) is 2. The molecule has 0 aromatic carbocycles. The Morgan fingerprint density at radius 2 is 2.09 bits per heavy atom. The summed E-state index contributed by atoms with van der Waals surface area (Å²) < 4.78 is 7.62. The smallest absolute Gasteiger partial charge is 0.274 e. The Labute approximate surface area is 194 Å². The molecule has 9 heteroatoms. The highest BCUT2D eigenvalue weighted by atomic mass is 32.1. The zero-order valence-corrected chi connectivity index (χ0v) is 20.0. The molecule has 33 heavy (non-hydrogen) atoms. The summed E-state index contributed by atoms with van der Waals surface area (Å²) in [6.45, 7) is 5.65. The van der Waals surface area contributed by atoms with E-state index in [9.17, 15) is 14.7 Å². The number of aromatic nitrogens is 3. The van der Waals surface area contributed by atoms with Gasteiger partial charge in [-0.2, -0.15) is 0 Å². The summed E-state index contributed by atoms with van der Waals surface area (Å²) in [6, 6.07) is 7.36. The van der Waals surface area contributed by atoms with Gasteiger partial charge in [-0.05, 0) is 44.5 Å². The normalized spacial score (nSPS) is 11.7. The number of H-pyrrole nitrogens is 1. The van der Waals surface area contributed by atoms with Gasteiger partial charge in [0, 0.05) is 42.3 Å². The van der Waals surface area contributed by atoms with Crippen LogP contribution in [0.25, 0.3) is 21.3 Å². The second-order valence-corrected chi connectivity index (χ2v) is 9.54. The molecule has 1 amide bonds. The van der Waals surface area contributed by atoms with Crippen molar-refractivity contribution in [3.05, 3.63) is 68.8 Å². The van der Waals surface area contributed by atoms with Crippen LogP contribution >= 0.6 is 11.3 Å². The number of rotatable bonds is 6. The van der Waals surface area contributed by atoms with E-state index < -0.39 is 5.60 Å². The van der Waals surface area contributed by atoms with Crippen LogP contribution in [0.15, 0.2) is 41.5 Å². The number of carbonyl (C=O) groups excluding carboxylic acids is 1. The van der Waals surface area contributed by atoms with Crippen molar-refractivity contribution in [1.82, 2.24) is 19.9 Å². The van der Waals surface area contributed by atoms with Crippen LogP contribution in [0.5, 0.6) is 5.75 Å². The quantitative estimate of drug-likeness (QED) is 0.403. The standard InChI is InChI=1S/C24H26N4O4S/c1-13-6-7-14(26-10-13)12-32-18-9-19(24(2,3)31)33-21(18)16-11-28(5)23(30)20-15(16)8-17(27-20)22(29)25-4/h6-11,27,31H,12H2,1-5H3,(H,25,29). The second kappa shape index (κ2) is 8.49. The number of aromatic amines is 1. The number of fused-ring (bicyclic) bond motifs is 1. The molecule has 0 aliphatic carbocycles. The van der Waals surface area contributed by atoms with E-state index in [0.29, 0.717) is 27.2 Å². The number of hydrogen-bond acceptors (Lipinski definition) is 6. The third kappa shape index (κ3) is 4.42. The van der Waals surface area contributed by atoms with Gasteiger partial charge in [-0.15, -0.1) is 11.3 Å². The largest absolute Gasteiger partial charge is 0.486 e. The molecule has 4 aromatic rings. The van der Waals surface area contributed by atoms with Crippen LogP contribution in [0.1, 0.15) is 40.5 Å². The first-order chi connectivity index (χ1) is 15.6. The molecule has 4 aromatic heterocycles. The number of nitrogens with zero attached hydrogens (tertiary/aromatic N) is 2. The molecule has 0 saturated carbocycles. The summed E-state index contributed by atoms with van der Waals surface area (Å²) in [4.78, 5) is 33.8. The van der Waals surface area contributed by atoms with Crippen LogP contribution in [0, 0.1) is 6.92 Å². The summed E-state index contributed by atoms with van der Waals surface area (Å²) in [6.07, 6.45) is 3.51. The Bertz CT molecular complexity index is 1390. The monoisotopic (exact) mass is 466 g/mol. The maximum atomic E-state index is 12.7. The minimum Gasteiger partial charge on any atom is -0.486 e. The van der Waals surface area contributed by atoms with Gasteiger partial charge in [-0.25, -0.2) is 0 Å². The minimum absolute atomic E-state index is 0.241. The topological polar surface area (TPSA) is 109 Å². The number of aryl methyl sites for hydroxylation is 2. The van der Waals surface area contributed by atoms with E-state index in [0.717, 1.165) is 21.7 Å². The van der Waals surface area contributed by atoms with Gasteiger partial charge in [-0.1, -0.05) is 6.07 Å². The minimum atomic E-state index is -1.08. The summed E-state index contributed by atoms with van der Waals surface area (Å²) in [5.74, 6) is 0.256. The molecule has 0 atom stereocenters. The lowest BCUT2D eigenvalue weighted by atomic mass is 10.1. The van der Waals surface area contributed by atoms with E-state index in [1.165, 1.54) is 23.0 Å². The van der Waals surface area contributed by atoms with E-state index >= 15 is 0 Å². The lowest BCUT2D eigenvalue weighted by Gasteiger charge is -2.13. The Morgan fingerprint density at radius 3 is 2.73 bits per heavy atom. The lowest BCUT2D eigenvalue weighted by Crippen LogP contribution is -2.19. The molecule has 0 aliphatic rings. The summed E-state index contributed by atoms with van der Waals surface area (Å²) in [7, 11) is 3.19. The molecule has 4 heterocycles. The van der Waals surface area contributed by atoms with Gasteiger partial charge in [0.1, 0.15) is 23.6 Å². The van der Waals surface area contributed by atoms with Gasteiger partial charge >= 0.3 is 0 Å². The molecule has 0 spiro atoms. The highest BCUT2D eigenvalue weighted by molar-refractivity contribution is 7.16. The van der Waals surface area contributed by atoms with Gasteiger partial charge in [0.25, 0.3) is 11.5 Å². The maximum Gasteiger partial charge on any atom is 0.274 e. The van der Waals surface area contributed by atoms with E-state index in [1.807, 2.05) is 25.1 Å². The fraction of sp³-hybridized carbons (Fsp3) is 0.292. The Kier molecular flexibility index (Phi) is 5.85. The van der Waals surface area contributed by atoms with Crippen LogP contribution in [-0.2, 0) is 19.3 Å². The number of thiophene rings is 1. The highest BCUT2D eigenvalue weighted by Gasteiger charge is 2.25. The maximum absolute atomic E-state index is 12.7. The third-order valence-corrected chi connectivity index (χ3v) is 6.79. The van der Waals surface area contributed by atoms with Crippen molar-refractivity contribution in [2.75, 3.05) is 7.05 Å². The van der Waals surface area contributed by atoms with Crippen molar-refractivity contribution in [3.63, 3.8) is 0 Å². The molecule has 0 fully saturated rings. The predicted molar refractivity (Wildman–Crippen MR) is 129 cm³/mol. The van der Waals surface area contributed by atoms with Gasteiger partial charge in [-0.3, -0.25) is 14.6 Å². The van der Waals surface area contributed by atoms with Crippen molar-refractivity contribution in [2.45, 2.75) is 33.0 Å². The van der Waals surface area contributed by atoms with Crippen molar-refractivity contribution >= 4 is 28.1 Å². The van der Waals surface area contributed by atoms with Crippen molar-refractivity contribution in [1.29, 1.82) is 0 Å². The molecular formula is C24H26N4O4S. The SMILES string of the molecule is CNC(=O)c1cc2c(-c3sc(C(C)(C)O)cc3OCc3ccc(C)cn3)cn(C)c(=O)c2[nH]1. The first-order valence-electron chi connectivity index (χ1n) is 10.4. The van der Waals surface area contributed by atoms with Crippen molar-refractivity contribution in [2.24, 2.45) is 7.05 Å². The molecule has 172 valence electrons. The third-order valence-electron chi connectivity index (χ3n) is 5.33. The Hall–Kier alpha value is -3.43. The van der Waals surface area contributed by atoms with E-state index in [-0.39, 0.29) is 18.1 Å². The molecular weight excluding hydrogens is 440 g/mol. The van der Waals surface area contributed by atoms with Crippen LogP contribution in [0.2, 0.25) is 0 Å². The molecule has 3 N–H and O–H groups in total. The van der Waals surface area contributed by atoms with Gasteiger partial charge in [0.05, 0.1) is 16.2 Å². The van der Waals surface area contributed by atoms with Gasteiger partial charge in [0.15, 0.2) is 0 Å². The summed E-state index contributed by atoms with van der Waals surface area (Å²) >= 11 is 1.38. The zero-order valence-electron chi connectivity index (χ0n) is 19.1.